The second-order valence-electron chi connectivity index (χ2n) is 6.00. The molecule has 0 saturated heterocycles. The Morgan fingerprint density at radius 2 is 2.07 bits per heavy atom. The highest BCUT2D eigenvalue weighted by atomic mass is 16.5. The Morgan fingerprint density at radius 3 is 2.82 bits per heavy atom. The van der Waals surface area contributed by atoms with E-state index < -0.39 is 0 Å². The number of amides is 1. The van der Waals surface area contributed by atoms with Crippen molar-refractivity contribution < 1.29 is 14.3 Å². The highest BCUT2D eigenvalue weighted by Gasteiger charge is 2.08. The molecule has 0 aliphatic rings. The van der Waals surface area contributed by atoms with Crippen LogP contribution in [0.15, 0.2) is 53.6 Å². The standard InChI is InChI=1S/C19H21N5O4/c1-14-4-5-15(16(12-14)27-2)28-13-18(25)20-9-11-24-19(26)7-6-17(22-24)23-10-3-8-21-23/h3-8,10,12H,9,11,13H2,1-2H3,(H,20,25). The first-order valence-electron chi connectivity index (χ1n) is 8.69. The Bertz CT molecular complexity index is 998. The van der Waals surface area contributed by atoms with E-state index in [0.29, 0.717) is 17.3 Å². The summed E-state index contributed by atoms with van der Waals surface area (Å²) in [7, 11) is 1.55. The zero-order valence-corrected chi connectivity index (χ0v) is 15.7. The molecule has 0 atom stereocenters. The van der Waals surface area contributed by atoms with E-state index in [1.165, 1.54) is 10.7 Å². The van der Waals surface area contributed by atoms with Crippen LogP contribution in [-0.4, -0.2) is 45.7 Å². The van der Waals surface area contributed by atoms with Crippen LogP contribution in [0.3, 0.4) is 0 Å². The minimum Gasteiger partial charge on any atom is -0.493 e. The van der Waals surface area contributed by atoms with E-state index in [1.54, 1.807) is 42.4 Å². The Morgan fingerprint density at radius 1 is 1.21 bits per heavy atom. The van der Waals surface area contributed by atoms with Gasteiger partial charge in [0.2, 0.25) is 0 Å². The predicted molar refractivity (Wildman–Crippen MR) is 102 cm³/mol. The highest BCUT2D eigenvalue weighted by molar-refractivity contribution is 5.77. The van der Waals surface area contributed by atoms with E-state index in [0.717, 1.165) is 5.56 Å². The summed E-state index contributed by atoms with van der Waals surface area (Å²) in [6, 6.07) is 10.2. The van der Waals surface area contributed by atoms with Gasteiger partial charge in [0, 0.05) is 25.0 Å². The lowest BCUT2D eigenvalue weighted by molar-refractivity contribution is -0.123. The number of rotatable bonds is 8. The summed E-state index contributed by atoms with van der Waals surface area (Å²) in [4.78, 5) is 24.0. The van der Waals surface area contributed by atoms with Crippen molar-refractivity contribution >= 4 is 5.91 Å². The van der Waals surface area contributed by atoms with Crippen molar-refractivity contribution in [1.29, 1.82) is 0 Å². The molecule has 0 fully saturated rings. The molecule has 3 rings (SSSR count). The molecule has 0 aliphatic heterocycles. The quantitative estimate of drug-likeness (QED) is 0.621. The predicted octanol–water partition coefficient (Wildman–Crippen LogP) is 0.941. The van der Waals surface area contributed by atoms with Gasteiger partial charge in [0.25, 0.3) is 11.5 Å². The molecule has 0 spiro atoms. The third-order valence-corrected chi connectivity index (χ3v) is 3.92. The number of aryl methyl sites for hydroxylation is 1. The summed E-state index contributed by atoms with van der Waals surface area (Å²) < 4.78 is 13.6. The van der Waals surface area contributed by atoms with Gasteiger partial charge >= 0.3 is 0 Å². The van der Waals surface area contributed by atoms with Crippen molar-refractivity contribution in [2.24, 2.45) is 0 Å². The maximum Gasteiger partial charge on any atom is 0.266 e. The monoisotopic (exact) mass is 383 g/mol. The molecule has 146 valence electrons. The van der Waals surface area contributed by atoms with Gasteiger partial charge in [0.1, 0.15) is 0 Å². The summed E-state index contributed by atoms with van der Waals surface area (Å²) in [5, 5.41) is 11.0. The number of aromatic nitrogens is 4. The molecule has 0 bridgehead atoms. The minimum atomic E-state index is -0.307. The molecule has 3 aromatic rings. The Balaban J connectivity index is 1.52. The SMILES string of the molecule is COc1cc(C)ccc1OCC(=O)NCCn1nc(-n2cccn2)ccc1=O. The van der Waals surface area contributed by atoms with Crippen LogP contribution in [0.2, 0.25) is 0 Å². The van der Waals surface area contributed by atoms with Crippen molar-refractivity contribution in [1.82, 2.24) is 24.9 Å². The second-order valence-corrected chi connectivity index (χ2v) is 6.00. The first-order chi connectivity index (χ1) is 13.6. The van der Waals surface area contributed by atoms with Crippen LogP contribution >= 0.6 is 0 Å². The van der Waals surface area contributed by atoms with Gasteiger partial charge in [-0.25, -0.2) is 9.36 Å². The molecule has 1 N–H and O–H groups in total. The van der Waals surface area contributed by atoms with Crippen LogP contribution in [0.4, 0.5) is 0 Å². The number of ether oxygens (including phenoxy) is 2. The first-order valence-corrected chi connectivity index (χ1v) is 8.69. The molecule has 2 aromatic heterocycles. The number of nitrogens with one attached hydrogen (secondary N) is 1. The van der Waals surface area contributed by atoms with Crippen molar-refractivity contribution in [2.75, 3.05) is 20.3 Å². The normalized spacial score (nSPS) is 10.5. The minimum absolute atomic E-state index is 0.158. The molecule has 0 unspecified atom stereocenters. The molecule has 1 aromatic carbocycles. The maximum absolute atomic E-state index is 12.0. The van der Waals surface area contributed by atoms with Crippen molar-refractivity contribution in [3.63, 3.8) is 0 Å². The molecule has 9 heteroatoms. The molecular formula is C19H21N5O4. The fourth-order valence-corrected chi connectivity index (χ4v) is 2.51. The van der Waals surface area contributed by atoms with Gasteiger partial charge in [-0.2, -0.15) is 5.10 Å². The van der Waals surface area contributed by atoms with E-state index in [1.807, 2.05) is 19.1 Å². The number of hydrogen-bond donors (Lipinski definition) is 1. The van der Waals surface area contributed by atoms with Crippen LogP contribution < -0.4 is 20.3 Å². The van der Waals surface area contributed by atoms with E-state index in [2.05, 4.69) is 15.5 Å². The average molecular weight is 383 g/mol. The summed E-state index contributed by atoms with van der Waals surface area (Å²) in [6.45, 7) is 2.25. The van der Waals surface area contributed by atoms with Crippen molar-refractivity contribution in [2.45, 2.75) is 13.5 Å². The Hall–Kier alpha value is -3.62. The van der Waals surface area contributed by atoms with Gasteiger partial charge < -0.3 is 14.8 Å². The number of hydrogen-bond acceptors (Lipinski definition) is 6. The van der Waals surface area contributed by atoms with Gasteiger partial charge in [-0.3, -0.25) is 9.59 Å². The third-order valence-electron chi connectivity index (χ3n) is 3.92. The lowest BCUT2D eigenvalue weighted by Gasteiger charge is -2.12. The first kappa shape index (κ1) is 19.2. The van der Waals surface area contributed by atoms with E-state index in [-0.39, 0.29) is 31.2 Å². The van der Waals surface area contributed by atoms with Crippen molar-refractivity contribution in [3.05, 3.63) is 64.7 Å². The zero-order valence-electron chi connectivity index (χ0n) is 15.7. The lowest BCUT2D eigenvalue weighted by atomic mass is 10.2. The molecule has 9 nitrogen and oxygen atoms in total. The van der Waals surface area contributed by atoms with Crippen LogP contribution in [0.5, 0.6) is 11.5 Å². The second kappa shape index (κ2) is 8.85. The smallest absolute Gasteiger partial charge is 0.266 e. The number of benzene rings is 1. The fourth-order valence-electron chi connectivity index (χ4n) is 2.51. The third kappa shape index (κ3) is 4.76. The zero-order chi connectivity index (χ0) is 19.9. The molecule has 0 aliphatic carbocycles. The molecule has 1 amide bonds. The number of carbonyl (C=O) groups is 1. The van der Waals surface area contributed by atoms with Crippen LogP contribution in [0.25, 0.3) is 5.82 Å². The largest absolute Gasteiger partial charge is 0.493 e. The number of nitrogens with zero attached hydrogens (tertiary/aromatic N) is 4. The summed E-state index contributed by atoms with van der Waals surface area (Å²) in [6.07, 6.45) is 3.36. The highest BCUT2D eigenvalue weighted by Crippen LogP contribution is 2.27. The van der Waals surface area contributed by atoms with Gasteiger partial charge in [-0.05, 0) is 36.8 Å². The Kier molecular flexibility index (Phi) is 6.05. The number of carbonyl (C=O) groups excluding carboxylic acids is 1. The van der Waals surface area contributed by atoms with Gasteiger partial charge in [0.15, 0.2) is 23.9 Å². The van der Waals surface area contributed by atoms with Crippen LogP contribution in [0, 0.1) is 6.92 Å². The van der Waals surface area contributed by atoms with Crippen LogP contribution in [-0.2, 0) is 11.3 Å². The molecule has 2 heterocycles. The molecule has 0 saturated carbocycles. The van der Waals surface area contributed by atoms with E-state index >= 15 is 0 Å². The molecule has 28 heavy (non-hydrogen) atoms. The van der Waals surface area contributed by atoms with Gasteiger partial charge in [-0.15, -0.1) is 5.10 Å². The summed E-state index contributed by atoms with van der Waals surface area (Å²) in [5.41, 5.74) is 0.773. The average Bonchev–Trinajstić information content (AvgIpc) is 3.23. The summed E-state index contributed by atoms with van der Waals surface area (Å²) >= 11 is 0. The lowest BCUT2D eigenvalue weighted by Crippen LogP contribution is -2.34. The van der Waals surface area contributed by atoms with Gasteiger partial charge in [-0.1, -0.05) is 6.07 Å². The number of methoxy groups -OCH3 is 1. The van der Waals surface area contributed by atoms with Gasteiger partial charge in [0.05, 0.1) is 13.7 Å². The van der Waals surface area contributed by atoms with Crippen LogP contribution in [0.1, 0.15) is 5.56 Å². The molecular weight excluding hydrogens is 362 g/mol. The molecule has 0 radical (unpaired) electrons. The summed E-state index contributed by atoms with van der Waals surface area (Å²) in [5.74, 6) is 1.27. The van der Waals surface area contributed by atoms with E-state index in [4.69, 9.17) is 9.47 Å². The topological polar surface area (TPSA) is 100 Å². The Labute approximate surface area is 161 Å². The van der Waals surface area contributed by atoms with E-state index in [9.17, 15) is 9.59 Å². The maximum atomic E-state index is 12.0. The van der Waals surface area contributed by atoms with Crippen molar-refractivity contribution in [3.8, 4) is 17.3 Å². The fraction of sp³-hybridized carbons (Fsp3) is 0.263.